The minimum atomic E-state index is -1.52. The van der Waals surface area contributed by atoms with Crippen LogP contribution in [-0.2, 0) is 27.3 Å². The van der Waals surface area contributed by atoms with Crippen molar-refractivity contribution in [2.45, 2.75) is 137 Å². The topological polar surface area (TPSA) is 76.6 Å². The third-order valence-electron chi connectivity index (χ3n) is 9.35. The predicted octanol–water partition coefficient (Wildman–Crippen LogP) is 10.2. The number of aromatic hydroxyl groups is 1. The molecule has 2 N–H and O–H groups in total. The van der Waals surface area contributed by atoms with Crippen LogP contribution in [0.4, 0.5) is 0 Å². The van der Waals surface area contributed by atoms with E-state index < -0.39 is 11.6 Å². The fourth-order valence-corrected chi connectivity index (χ4v) is 5.71. The normalized spacial score (nSPS) is 14.7. The van der Waals surface area contributed by atoms with Crippen molar-refractivity contribution < 1.29 is 10.2 Å². The van der Waals surface area contributed by atoms with Gasteiger partial charge in [-0.1, -0.05) is 140 Å². The number of phenolic OH excluding ortho intramolecular Hbond substituents is 1. The molecule has 0 bridgehead atoms. The first kappa shape index (κ1) is 37.0. The summed E-state index contributed by atoms with van der Waals surface area (Å²) in [6, 6.07) is 19.6. The van der Waals surface area contributed by atoms with Crippen LogP contribution in [-0.4, -0.2) is 22.5 Å². The quantitative estimate of drug-likeness (QED) is 0.257. The van der Waals surface area contributed by atoms with Crippen molar-refractivity contribution in [1.29, 1.82) is 5.26 Å². The van der Waals surface area contributed by atoms with Crippen molar-refractivity contribution in [2.24, 2.45) is 10.9 Å². The molecule has 0 aromatic heterocycles. The van der Waals surface area contributed by atoms with Gasteiger partial charge >= 0.3 is 0 Å². The van der Waals surface area contributed by atoms with Gasteiger partial charge in [0.2, 0.25) is 0 Å². The van der Waals surface area contributed by atoms with Crippen molar-refractivity contribution in [3.8, 4) is 11.8 Å². The number of aliphatic hydroxyl groups is 1. The first-order chi connectivity index (χ1) is 20.9. The molecule has 0 saturated heterocycles. The maximum Gasteiger partial charge on any atom is 0.137 e. The molecule has 2 atom stereocenters. The number of benzene rings is 3. The molecule has 3 aromatic rings. The second kappa shape index (κ2) is 13.0. The molecule has 0 amide bonds. The van der Waals surface area contributed by atoms with Crippen LogP contribution in [0.2, 0.25) is 0 Å². The Morgan fingerprint density at radius 1 is 0.674 bits per heavy atom. The van der Waals surface area contributed by atoms with Gasteiger partial charge in [-0.3, -0.25) is 4.99 Å². The van der Waals surface area contributed by atoms with Gasteiger partial charge < -0.3 is 10.2 Å². The monoisotopic (exact) mass is 622 g/mol. The summed E-state index contributed by atoms with van der Waals surface area (Å²) >= 11 is 0. The van der Waals surface area contributed by atoms with E-state index in [1.165, 1.54) is 6.07 Å². The second-order valence-corrected chi connectivity index (χ2v) is 17.4. The van der Waals surface area contributed by atoms with E-state index in [9.17, 15) is 15.5 Å². The van der Waals surface area contributed by atoms with Gasteiger partial charge in [0.1, 0.15) is 11.4 Å². The SMILES string of the molecule is CCC(C)C(N=Cc1cc(C#N)ccc1O)C(O)(c1cc(C(C)(C)C)cc(C(C)(C)C)c1)c1cc(C(C)(C)C)cc(C(C)(C)C)c1. The van der Waals surface area contributed by atoms with Gasteiger partial charge in [-0.15, -0.1) is 0 Å². The fraction of sp³-hybridized carbons (Fsp3) is 0.524. The average Bonchev–Trinajstić information content (AvgIpc) is 2.95. The summed E-state index contributed by atoms with van der Waals surface area (Å²) < 4.78 is 0. The van der Waals surface area contributed by atoms with Crippen LogP contribution in [0.1, 0.15) is 148 Å². The van der Waals surface area contributed by atoms with E-state index in [-0.39, 0.29) is 33.3 Å². The molecule has 0 aliphatic carbocycles. The molecular weight excluding hydrogens is 564 g/mol. The standard InChI is InChI=1S/C42H58N2O2/c1-15-27(2)37(44-26-29-18-28(25-43)16-17-36(29)45)42(46,34-21-30(38(3,4)5)19-31(22-34)39(6,7)8)35-23-32(40(9,10)11)20-33(24-35)41(12,13)14/h16-24,26-27,37,45-46H,15H2,1-14H3. The zero-order valence-corrected chi connectivity index (χ0v) is 30.9. The highest BCUT2D eigenvalue weighted by Crippen LogP contribution is 2.44. The smallest absolute Gasteiger partial charge is 0.137 e. The van der Waals surface area contributed by atoms with E-state index in [0.29, 0.717) is 11.1 Å². The largest absolute Gasteiger partial charge is 0.507 e. The lowest BCUT2D eigenvalue weighted by Gasteiger charge is -2.41. The van der Waals surface area contributed by atoms with Gasteiger partial charge in [0, 0.05) is 11.8 Å². The van der Waals surface area contributed by atoms with E-state index >= 15 is 0 Å². The zero-order valence-electron chi connectivity index (χ0n) is 30.9. The number of nitriles is 1. The Balaban J connectivity index is 2.57. The molecule has 0 aliphatic heterocycles. The summed E-state index contributed by atoms with van der Waals surface area (Å²) in [5, 5.41) is 33.9. The molecule has 3 aromatic carbocycles. The van der Waals surface area contributed by atoms with Gasteiger partial charge in [-0.05, 0) is 79.2 Å². The number of hydrogen-bond acceptors (Lipinski definition) is 4. The third kappa shape index (κ3) is 8.10. The Bertz CT molecular complexity index is 1470. The second-order valence-electron chi connectivity index (χ2n) is 17.4. The first-order valence-electron chi connectivity index (χ1n) is 16.7. The minimum Gasteiger partial charge on any atom is -0.507 e. The van der Waals surface area contributed by atoms with Crippen molar-refractivity contribution in [3.63, 3.8) is 0 Å². The Morgan fingerprint density at radius 3 is 1.37 bits per heavy atom. The fourth-order valence-electron chi connectivity index (χ4n) is 5.71. The van der Waals surface area contributed by atoms with Crippen molar-refractivity contribution in [2.75, 3.05) is 0 Å². The van der Waals surface area contributed by atoms with Crippen LogP contribution < -0.4 is 0 Å². The van der Waals surface area contributed by atoms with Gasteiger partial charge in [-0.25, -0.2) is 0 Å². The molecule has 0 saturated carbocycles. The molecule has 0 fully saturated rings. The number of phenols is 1. The molecule has 4 heteroatoms. The Kier molecular flexibility index (Phi) is 10.5. The maximum atomic E-state index is 13.7. The summed E-state index contributed by atoms with van der Waals surface area (Å²) in [7, 11) is 0. The molecule has 248 valence electrons. The number of rotatable bonds is 7. The maximum absolute atomic E-state index is 13.7. The Morgan fingerprint density at radius 2 is 1.04 bits per heavy atom. The van der Waals surface area contributed by atoms with Crippen molar-refractivity contribution in [1.82, 2.24) is 0 Å². The Labute approximate surface area is 279 Å². The molecule has 46 heavy (non-hydrogen) atoms. The van der Waals surface area contributed by atoms with Crippen molar-refractivity contribution >= 4 is 6.21 Å². The highest BCUT2D eigenvalue weighted by atomic mass is 16.3. The molecular formula is C42H58N2O2. The third-order valence-corrected chi connectivity index (χ3v) is 9.35. The van der Waals surface area contributed by atoms with E-state index in [4.69, 9.17) is 4.99 Å². The summed E-state index contributed by atoms with van der Waals surface area (Å²) in [4.78, 5) is 5.15. The summed E-state index contributed by atoms with van der Waals surface area (Å²) in [5.74, 6) is 0.0130. The van der Waals surface area contributed by atoms with E-state index in [1.807, 2.05) is 0 Å². The average molecular weight is 623 g/mol. The summed E-state index contributed by atoms with van der Waals surface area (Å²) in [6.45, 7) is 30.8. The lowest BCUT2D eigenvalue weighted by molar-refractivity contribution is 0.0325. The molecule has 0 spiro atoms. The van der Waals surface area contributed by atoms with E-state index in [1.54, 1.807) is 18.3 Å². The lowest BCUT2D eigenvalue weighted by Crippen LogP contribution is -2.44. The number of aliphatic imine (C=N–C) groups is 1. The van der Waals surface area contributed by atoms with Gasteiger partial charge in [0.05, 0.1) is 17.7 Å². The summed E-state index contributed by atoms with van der Waals surface area (Å²) in [5.41, 5.74) is 5.01. The van der Waals surface area contributed by atoms with Crippen LogP contribution in [0.25, 0.3) is 0 Å². The molecule has 0 aliphatic rings. The minimum absolute atomic E-state index is 0.0321. The summed E-state index contributed by atoms with van der Waals surface area (Å²) in [6.07, 6.45) is 2.42. The van der Waals surface area contributed by atoms with E-state index in [2.05, 4.69) is 139 Å². The first-order valence-corrected chi connectivity index (χ1v) is 16.7. The number of hydrogen-bond donors (Lipinski definition) is 2. The van der Waals surface area contributed by atoms with Crippen LogP contribution >= 0.6 is 0 Å². The van der Waals surface area contributed by atoms with Gasteiger partial charge in [0.25, 0.3) is 0 Å². The Hall–Kier alpha value is -3.42. The number of nitrogens with zero attached hydrogens (tertiary/aromatic N) is 2. The zero-order chi connectivity index (χ0) is 35.0. The van der Waals surface area contributed by atoms with Crippen LogP contribution in [0.15, 0.2) is 59.6 Å². The molecule has 3 rings (SSSR count). The highest BCUT2D eigenvalue weighted by molar-refractivity contribution is 5.84. The van der Waals surface area contributed by atoms with Gasteiger partial charge in [-0.2, -0.15) is 5.26 Å². The van der Waals surface area contributed by atoms with Crippen LogP contribution in [0, 0.1) is 17.2 Å². The molecule has 0 heterocycles. The molecule has 2 unspecified atom stereocenters. The van der Waals surface area contributed by atoms with E-state index in [0.717, 1.165) is 39.8 Å². The van der Waals surface area contributed by atoms with Gasteiger partial charge in [0.15, 0.2) is 0 Å². The van der Waals surface area contributed by atoms with Crippen LogP contribution in [0.3, 0.4) is 0 Å². The molecule has 0 radical (unpaired) electrons. The van der Waals surface area contributed by atoms with Crippen LogP contribution in [0.5, 0.6) is 5.75 Å². The highest BCUT2D eigenvalue weighted by Gasteiger charge is 2.44. The predicted molar refractivity (Wildman–Crippen MR) is 194 cm³/mol. The van der Waals surface area contributed by atoms with Crippen molar-refractivity contribution in [3.05, 3.63) is 99.1 Å². The lowest BCUT2D eigenvalue weighted by atomic mass is 9.69. The molecule has 4 nitrogen and oxygen atoms in total.